The third-order valence-corrected chi connectivity index (χ3v) is 3.85. The number of nitrogens with two attached hydrogens (primary N) is 1. The summed E-state index contributed by atoms with van der Waals surface area (Å²) in [6, 6.07) is 15.8. The zero-order chi connectivity index (χ0) is 15.0. The van der Waals surface area contributed by atoms with E-state index in [0.717, 1.165) is 10.8 Å². The van der Waals surface area contributed by atoms with Gasteiger partial charge in [0.2, 0.25) is 0 Å². The number of hydrogen-bond acceptors (Lipinski definition) is 2. The number of rotatable bonds is 2. The van der Waals surface area contributed by atoms with Crippen molar-refractivity contribution in [1.29, 1.82) is 0 Å². The summed E-state index contributed by atoms with van der Waals surface area (Å²) in [7, 11) is 0. The Morgan fingerprint density at radius 3 is 2.33 bits per heavy atom. The van der Waals surface area contributed by atoms with Crippen LogP contribution < -0.4 is 5.73 Å². The molecule has 3 rings (SSSR count). The van der Waals surface area contributed by atoms with E-state index in [2.05, 4.69) is 0 Å². The van der Waals surface area contributed by atoms with Crippen LogP contribution in [0.2, 0.25) is 10.0 Å². The molecule has 0 spiro atoms. The molecule has 0 atom stereocenters. The van der Waals surface area contributed by atoms with Crippen LogP contribution in [0.5, 0.6) is 0 Å². The molecule has 104 valence electrons. The molecule has 0 radical (unpaired) electrons. The summed E-state index contributed by atoms with van der Waals surface area (Å²) in [6.45, 7) is 0. The minimum absolute atomic E-state index is 0.128. The normalized spacial score (nSPS) is 10.8. The molecule has 0 unspecified atom stereocenters. The SMILES string of the molecule is Nc1cc(Cl)cc(C(=O)c2ccc(Cl)c3ccccc23)c1. The number of fused-ring (bicyclic) bond motifs is 1. The number of carbonyl (C=O) groups is 1. The average Bonchev–Trinajstić information content (AvgIpc) is 2.46. The van der Waals surface area contributed by atoms with E-state index in [-0.39, 0.29) is 5.78 Å². The average molecular weight is 316 g/mol. The number of anilines is 1. The Balaban J connectivity index is 2.20. The fraction of sp³-hybridized carbons (Fsp3) is 0. The first kappa shape index (κ1) is 13.9. The van der Waals surface area contributed by atoms with E-state index in [1.54, 1.807) is 30.3 Å². The second-order valence-corrected chi connectivity index (χ2v) is 5.59. The Labute approximate surface area is 132 Å². The molecule has 0 aliphatic rings. The Morgan fingerprint density at radius 2 is 1.62 bits per heavy atom. The standard InChI is InChI=1S/C17H11Cl2NO/c18-11-7-10(8-12(20)9-11)17(21)15-5-6-16(19)14-4-2-1-3-13(14)15/h1-9H,20H2. The van der Waals surface area contributed by atoms with Gasteiger partial charge in [0.1, 0.15) is 0 Å². The van der Waals surface area contributed by atoms with Crippen LogP contribution in [0.3, 0.4) is 0 Å². The van der Waals surface area contributed by atoms with Crippen LogP contribution in [0, 0.1) is 0 Å². The second-order valence-electron chi connectivity index (χ2n) is 4.74. The fourth-order valence-electron chi connectivity index (χ4n) is 2.36. The number of carbonyl (C=O) groups excluding carboxylic acids is 1. The molecule has 0 bridgehead atoms. The molecule has 4 heteroatoms. The summed E-state index contributed by atoms with van der Waals surface area (Å²) >= 11 is 12.1. The fourth-order valence-corrected chi connectivity index (χ4v) is 2.83. The van der Waals surface area contributed by atoms with E-state index < -0.39 is 0 Å². The zero-order valence-electron chi connectivity index (χ0n) is 10.9. The third kappa shape index (κ3) is 2.60. The lowest BCUT2D eigenvalue weighted by molar-refractivity contribution is 0.104. The number of halogens is 2. The predicted molar refractivity (Wildman–Crippen MR) is 88.3 cm³/mol. The van der Waals surface area contributed by atoms with Crippen LogP contribution in [0.4, 0.5) is 5.69 Å². The maximum Gasteiger partial charge on any atom is 0.193 e. The number of ketones is 1. The molecule has 0 aromatic heterocycles. The molecular weight excluding hydrogens is 305 g/mol. The van der Waals surface area contributed by atoms with Gasteiger partial charge in [0.05, 0.1) is 0 Å². The molecule has 0 saturated heterocycles. The smallest absolute Gasteiger partial charge is 0.193 e. The van der Waals surface area contributed by atoms with Crippen molar-refractivity contribution in [3.8, 4) is 0 Å². The van der Waals surface area contributed by atoms with Gasteiger partial charge in [-0.2, -0.15) is 0 Å². The van der Waals surface area contributed by atoms with Gasteiger partial charge in [-0.1, -0.05) is 47.5 Å². The molecule has 0 fully saturated rings. The van der Waals surface area contributed by atoms with Crippen molar-refractivity contribution < 1.29 is 4.79 Å². The number of nitrogen functional groups attached to an aromatic ring is 1. The van der Waals surface area contributed by atoms with Gasteiger partial charge in [0.15, 0.2) is 5.78 Å². The van der Waals surface area contributed by atoms with Gasteiger partial charge in [-0.25, -0.2) is 0 Å². The summed E-state index contributed by atoms with van der Waals surface area (Å²) in [5.41, 5.74) is 7.26. The van der Waals surface area contributed by atoms with Gasteiger partial charge in [0.25, 0.3) is 0 Å². The van der Waals surface area contributed by atoms with Crippen molar-refractivity contribution in [2.45, 2.75) is 0 Å². The molecule has 0 aliphatic carbocycles. The maximum atomic E-state index is 12.7. The van der Waals surface area contributed by atoms with Crippen molar-refractivity contribution in [2.75, 3.05) is 5.73 Å². The number of benzene rings is 3. The summed E-state index contributed by atoms with van der Waals surface area (Å²) in [5, 5.41) is 2.72. The lowest BCUT2D eigenvalue weighted by atomic mass is 9.97. The number of hydrogen-bond donors (Lipinski definition) is 1. The first-order valence-electron chi connectivity index (χ1n) is 6.34. The van der Waals surface area contributed by atoms with Crippen LogP contribution >= 0.6 is 23.2 Å². The third-order valence-electron chi connectivity index (χ3n) is 3.30. The Bertz CT molecular complexity index is 838. The molecule has 3 aromatic carbocycles. The van der Waals surface area contributed by atoms with Gasteiger partial charge >= 0.3 is 0 Å². The molecule has 2 N–H and O–H groups in total. The monoisotopic (exact) mass is 315 g/mol. The topological polar surface area (TPSA) is 43.1 Å². The lowest BCUT2D eigenvalue weighted by Crippen LogP contribution is -2.03. The minimum atomic E-state index is -0.128. The van der Waals surface area contributed by atoms with Crippen LogP contribution in [0.25, 0.3) is 10.8 Å². The molecule has 0 aliphatic heterocycles. The van der Waals surface area contributed by atoms with Gasteiger partial charge < -0.3 is 5.73 Å². The summed E-state index contributed by atoms with van der Waals surface area (Å²) in [5.74, 6) is -0.128. The highest BCUT2D eigenvalue weighted by atomic mass is 35.5. The summed E-state index contributed by atoms with van der Waals surface area (Å²) in [4.78, 5) is 12.7. The van der Waals surface area contributed by atoms with E-state index in [9.17, 15) is 4.79 Å². The van der Waals surface area contributed by atoms with Gasteiger partial charge in [-0.05, 0) is 35.7 Å². The second kappa shape index (κ2) is 5.40. The Kier molecular flexibility index (Phi) is 3.58. The van der Waals surface area contributed by atoms with Crippen molar-refractivity contribution >= 4 is 45.4 Å². The highest BCUT2D eigenvalue weighted by Gasteiger charge is 2.14. The molecule has 0 saturated carbocycles. The van der Waals surface area contributed by atoms with Crippen molar-refractivity contribution in [3.63, 3.8) is 0 Å². The van der Waals surface area contributed by atoms with Gasteiger partial charge in [-0.15, -0.1) is 0 Å². The molecule has 2 nitrogen and oxygen atoms in total. The predicted octanol–water partition coefficient (Wildman–Crippen LogP) is 4.96. The Morgan fingerprint density at radius 1 is 0.905 bits per heavy atom. The van der Waals surface area contributed by atoms with Gasteiger partial charge in [-0.3, -0.25) is 4.79 Å². The van der Waals surface area contributed by atoms with E-state index in [1.165, 1.54) is 0 Å². The largest absolute Gasteiger partial charge is 0.399 e. The Hall–Kier alpha value is -2.03. The summed E-state index contributed by atoms with van der Waals surface area (Å²) < 4.78 is 0. The van der Waals surface area contributed by atoms with Crippen molar-refractivity contribution in [1.82, 2.24) is 0 Å². The van der Waals surface area contributed by atoms with Crippen LogP contribution in [0.15, 0.2) is 54.6 Å². The molecule has 0 heterocycles. The van der Waals surface area contributed by atoms with Crippen molar-refractivity contribution in [2.24, 2.45) is 0 Å². The minimum Gasteiger partial charge on any atom is -0.399 e. The lowest BCUT2D eigenvalue weighted by Gasteiger charge is -2.08. The van der Waals surface area contributed by atoms with E-state index in [1.807, 2.05) is 24.3 Å². The zero-order valence-corrected chi connectivity index (χ0v) is 12.4. The first-order chi connectivity index (χ1) is 10.1. The summed E-state index contributed by atoms with van der Waals surface area (Å²) in [6.07, 6.45) is 0. The molecule has 3 aromatic rings. The van der Waals surface area contributed by atoms with Crippen LogP contribution in [0.1, 0.15) is 15.9 Å². The van der Waals surface area contributed by atoms with E-state index >= 15 is 0 Å². The molecule has 21 heavy (non-hydrogen) atoms. The van der Waals surface area contributed by atoms with Crippen LogP contribution in [-0.4, -0.2) is 5.78 Å². The highest BCUT2D eigenvalue weighted by Crippen LogP contribution is 2.29. The maximum absolute atomic E-state index is 12.7. The van der Waals surface area contributed by atoms with E-state index in [4.69, 9.17) is 28.9 Å². The van der Waals surface area contributed by atoms with Crippen molar-refractivity contribution in [3.05, 3.63) is 75.8 Å². The van der Waals surface area contributed by atoms with E-state index in [0.29, 0.717) is 26.9 Å². The van der Waals surface area contributed by atoms with Crippen LogP contribution in [-0.2, 0) is 0 Å². The quantitative estimate of drug-likeness (QED) is 0.536. The highest BCUT2D eigenvalue weighted by molar-refractivity contribution is 6.36. The van der Waals surface area contributed by atoms with Gasteiger partial charge in [0, 0.05) is 32.2 Å². The first-order valence-corrected chi connectivity index (χ1v) is 7.10. The molecular formula is C17H11Cl2NO. The molecule has 0 amide bonds.